The van der Waals surface area contributed by atoms with Crippen LogP contribution >= 0.6 is 11.3 Å². The van der Waals surface area contributed by atoms with Crippen LogP contribution in [0.5, 0.6) is 0 Å². The highest BCUT2D eigenvalue weighted by Gasteiger charge is 2.27. The molecule has 1 aliphatic heterocycles. The Hall–Kier alpha value is -1.54. The molecule has 1 aromatic rings. The molecule has 18 heavy (non-hydrogen) atoms. The Bertz CT molecular complexity index is 515. The third-order valence-corrected chi connectivity index (χ3v) is 4.63. The predicted molar refractivity (Wildman–Crippen MR) is 74.1 cm³/mol. The van der Waals surface area contributed by atoms with E-state index < -0.39 is 0 Å². The maximum atomic E-state index is 11.8. The highest BCUT2D eigenvalue weighted by atomic mass is 32.1. The van der Waals surface area contributed by atoms with Crippen LogP contribution in [0.25, 0.3) is 0 Å². The zero-order chi connectivity index (χ0) is 13.3. The summed E-state index contributed by atoms with van der Waals surface area (Å²) in [7, 11) is 0. The fraction of sp³-hybridized carbons (Fsp3) is 0.538. The standard InChI is InChI=1S/C13H17N3OS/c1-3-10(17)12-11(15)9(6-14)13(18-12)16-5-4-8(2)7-16/h8H,3-5,7,15H2,1-2H3. The van der Waals surface area contributed by atoms with Crippen LogP contribution in [0.2, 0.25) is 0 Å². The molecule has 2 heterocycles. The van der Waals surface area contributed by atoms with Crippen molar-refractivity contribution in [1.29, 1.82) is 5.26 Å². The first-order valence-electron chi connectivity index (χ1n) is 6.19. The number of anilines is 2. The second kappa shape index (κ2) is 4.99. The van der Waals surface area contributed by atoms with Gasteiger partial charge in [0.05, 0.1) is 10.6 Å². The second-order valence-electron chi connectivity index (χ2n) is 4.75. The molecular formula is C13H17N3OS. The van der Waals surface area contributed by atoms with Gasteiger partial charge in [-0.05, 0) is 12.3 Å². The molecule has 0 saturated carbocycles. The SMILES string of the molecule is CCC(=O)c1sc(N2CCC(C)C2)c(C#N)c1N. The summed E-state index contributed by atoms with van der Waals surface area (Å²) >= 11 is 1.37. The van der Waals surface area contributed by atoms with Crippen LogP contribution in [0.15, 0.2) is 0 Å². The second-order valence-corrected chi connectivity index (χ2v) is 5.75. The monoisotopic (exact) mass is 263 g/mol. The zero-order valence-electron chi connectivity index (χ0n) is 10.7. The summed E-state index contributed by atoms with van der Waals surface area (Å²) in [6, 6.07) is 2.15. The first-order chi connectivity index (χ1) is 8.58. The number of ketones is 1. The van der Waals surface area contributed by atoms with E-state index in [1.807, 2.05) is 6.92 Å². The number of carbonyl (C=O) groups excluding carboxylic acids is 1. The molecule has 1 saturated heterocycles. The topological polar surface area (TPSA) is 70.1 Å². The zero-order valence-corrected chi connectivity index (χ0v) is 11.5. The van der Waals surface area contributed by atoms with E-state index in [0.29, 0.717) is 28.5 Å². The van der Waals surface area contributed by atoms with Gasteiger partial charge in [-0.25, -0.2) is 0 Å². The van der Waals surface area contributed by atoms with Crippen molar-refractivity contribution >= 4 is 27.8 Å². The molecule has 0 bridgehead atoms. The van der Waals surface area contributed by atoms with E-state index in [2.05, 4.69) is 17.9 Å². The Labute approximate surface area is 111 Å². The minimum atomic E-state index is 0.0208. The third kappa shape index (κ3) is 2.08. The summed E-state index contributed by atoms with van der Waals surface area (Å²) in [4.78, 5) is 14.5. The molecule has 96 valence electrons. The lowest BCUT2D eigenvalue weighted by Gasteiger charge is -2.15. The summed E-state index contributed by atoms with van der Waals surface area (Å²) < 4.78 is 0. The van der Waals surface area contributed by atoms with Gasteiger partial charge in [-0.1, -0.05) is 13.8 Å². The van der Waals surface area contributed by atoms with Gasteiger partial charge in [0, 0.05) is 19.5 Å². The van der Waals surface area contributed by atoms with Crippen LogP contribution in [0, 0.1) is 17.2 Å². The van der Waals surface area contributed by atoms with Crippen molar-refractivity contribution in [3.63, 3.8) is 0 Å². The Balaban J connectivity index is 2.42. The van der Waals surface area contributed by atoms with Crippen LogP contribution in [0.4, 0.5) is 10.7 Å². The van der Waals surface area contributed by atoms with Gasteiger partial charge in [-0.3, -0.25) is 4.79 Å². The van der Waals surface area contributed by atoms with Gasteiger partial charge in [0.25, 0.3) is 0 Å². The summed E-state index contributed by atoms with van der Waals surface area (Å²) in [5.41, 5.74) is 6.78. The Kier molecular flexibility index (Phi) is 3.58. The number of thiophene rings is 1. The maximum absolute atomic E-state index is 11.8. The summed E-state index contributed by atoms with van der Waals surface area (Å²) in [5, 5.41) is 10.1. The van der Waals surface area contributed by atoms with Gasteiger partial charge in [0.1, 0.15) is 16.6 Å². The molecule has 1 atom stereocenters. The van der Waals surface area contributed by atoms with Gasteiger partial charge in [0.2, 0.25) is 0 Å². The smallest absolute Gasteiger partial charge is 0.174 e. The van der Waals surface area contributed by atoms with E-state index in [1.54, 1.807) is 0 Å². The molecule has 0 amide bonds. The van der Waals surface area contributed by atoms with Crippen LogP contribution < -0.4 is 10.6 Å². The number of nitrogen functional groups attached to an aromatic ring is 1. The molecule has 5 heteroatoms. The molecule has 1 fully saturated rings. The van der Waals surface area contributed by atoms with Crippen LogP contribution in [0.3, 0.4) is 0 Å². The van der Waals surface area contributed by atoms with Gasteiger partial charge in [-0.2, -0.15) is 5.26 Å². The number of hydrogen-bond acceptors (Lipinski definition) is 5. The average molecular weight is 263 g/mol. The Morgan fingerprint density at radius 1 is 1.67 bits per heavy atom. The summed E-state index contributed by atoms with van der Waals surface area (Å²) in [6.45, 7) is 5.89. The summed E-state index contributed by atoms with van der Waals surface area (Å²) in [6.07, 6.45) is 1.55. The molecule has 2 rings (SSSR count). The number of nitriles is 1. The number of carbonyl (C=O) groups is 1. The molecule has 0 aromatic carbocycles. The highest BCUT2D eigenvalue weighted by molar-refractivity contribution is 7.19. The van der Waals surface area contributed by atoms with Gasteiger partial charge in [0.15, 0.2) is 5.78 Å². The lowest BCUT2D eigenvalue weighted by molar-refractivity contribution is 0.0993. The molecule has 1 aromatic heterocycles. The van der Waals surface area contributed by atoms with Crippen molar-refractivity contribution in [3.05, 3.63) is 10.4 Å². The molecule has 2 N–H and O–H groups in total. The number of nitrogens with zero attached hydrogens (tertiary/aromatic N) is 2. The van der Waals surface area contributed by atoms with E-state index in [0.717, 1.165) is 24.5 Å². The number of hydrogen-bond donors (Lipinski definition) is 1. The first-order valence-corrected chi connectivity index (χ1v) is 7.00. The number of rotatable bonds is 3. The number of Topliss-reactive ketones (excluding diaryl/α,β-unsaturated/α-hetero) is 1. The molecular weight excluding hydrogens is 246 g/mol. The van der Waals surface area contributed by atoms with Crippen molar-refractivity contribution in [2.24, 2.45) is 5.92 Å². The third-order valence-electron chi connectivity index (χ3n) is 3.32. The Morgan fingerprint density at radius 3 is 2.89 bits per heavy atom. The molecule has 4 nitrogen and oxygen atoms in total. The fourth-order valence-electron chi connectivity index (χ4n) is 2.25. The van der Waals surface area contributed by atoms with E-state index >= 15 is 0 Å². The van der Waals surface area contributed by atoms with Crippen LogP contribution in [0.1, 0.15) is 41.9 Å². The largest absolute Gasteiger partial charge is 0.396 e. The normalized spacial score (nSPS) is 18.9. The van der Waals surface area contributed by atoms with Crippen molar-refractivity contribution in [3.8, 4) is 6.07 Å². The maximum Gasteiger partial charge on any atom is 0.174 e. The molecule has 1 unspecified atom stereocenters. The minimum absolute atomic E-state index is 0.0208. The van der Waals surface area contributed by atoms with E-state index in [9.17, 15) is 10.1 Å². The molecule has 0 spiro atoms. The van der Waals surface area contributed by atoms with E-state index in [4.69, 9.17) is 5.73 Å². The van der Waals surface area contributed by atoms with E-state index in [1.165, 1.54) is 11.3 Å². The Morgan fingerprint density at radius 2 is 2.39 bits per heavy atom. The lowest BCUT2D eigenvalue weighted by atomic mass is 10.2. The van der Waals surface area contributed by atoms with Crippen molar-refractivity contribution in [2.75, 3.05) is 23.7 Å². The quantitative estimate of drug-likeness (QED) is 0.851. The van der Waals surface area contributed by atoms with Crippen LogP contribution in [-0.2, 0) is 0 Å². The molecule has 0 radical (unpaired) electrons. The minimum Gasteiger partial charge on any atom is -0.396 e. The first kappa shape index (κ1) is 12.9. The van der Waals surface area contributed by atoms with Crippen molar-refractivity contribution < 1.29 is 4.79 Å². The number of nitrogens with two attached hydrogens (primary N) is 1. The van der Waals surface area contributed by atoms with Crippen LogP contribution in [-0.4, -0.2) is 18.9 Å². The van der Waals surface area contributed by atoms with Gasteiger partial charge in [-0.15, -0.1) is 11.3 Å². The lowest BCUT2D eigenvalue weighted by Crippen LogP contribution is -2.18. The predicted octanol–water partition coefficient (Wildman–Crippen LogP) is 2.64. The van der Waals surface area contributed by atoms with Crippen molar-refractivity contribution in [2.45, 2.75) is 26.7 Å². The molecule has 0 aliphatic carbocycles. The molecule has 1 aliphatic rings. The summed E-state index contributed by atoms with van der Waals surface area (Å²) in [5.74, 6) is 0.651. The fourth-order valence-corrected chi connectivity index (χ4v) is 3.47. The van der Waals surface area contributed by atoms with Crippen molar-refractivity contribution in [1.82, 2.24) is 0 Å². The van der Waals surface area contributed by atoms with Gasteiger partial charge < -0.3 is 10.6 Å². The van der Waals surface area contributed by atoms with Gasteiger partial charge >= 0.3 is 0 Å². The highest BCUT2D eigenvalue weighted by Crippen LogP contribution is 2.40. The average Bonchev–Trinajstić information content (AvgIpc) is 2.92. The van der Waals surface area contributed by atoms with E-state index in [-0.39, 0.29) is 5.78 Å².